The maximum Gasteiger partial charge on any atom is 0.407 e. The molecule has 0 aromatic carbocycles. The first kappa shape index (κ1) is 20.6. The minimum atomic E-state index is -0.449. The first-order valence-corrected chi connectivity index (χ1v) is 7.21. The van der Waals surface area contributed by atoms with Crippen LogP contribution in [-0.4, -0.2) is 31.0 Å². The zero-order valence-electron chi connectivity index (χ0n) is 13.0. The fourth-order valence-electron chi connectivity index (χ4n) is 1.09. The van der Waals surface area contributed by atoms with E-state index in [2.05, 4.69) is 16.8 Å². The van der Waals surface area contributed by atoms with E-state index in [-0.39, 0.29) is 14.6 Å². The number of aliphatic hydroxyl groups is 1. The summed E-state index contributed by atoms with van der Waals surface area (Å²) in [6, 6.07) is 0. The highest BCUT2D eigenvalue weighted by Crippen LogP contribution is 1.99. The lowest BCUT2D eigenvalue weighted by molar-refractivity contribution is 0.156. The molecule has 1 aliphatic rings. The van der Waals surface area contributed by atoms with E-state index in [4.69, 9.17) is 9.84 Å². The fourth-order valence-corrected chi connectivity index (χ4v) is 1.09. The van der Waals surface area contributed by atoms with Crippen LogP contribution in [-0.2, 0) is 4.74 Å². The second-order valence-corrected chi connectivity index (χ2v) is 3.25. The molecule has 2 N–H and O–H groups in total. The summed E-state index contributed by atoms with van der Waals surface area (Å²) in [5.41, 5.74) is 6.40. The van der Waals surface area contributed by atoms with Crippen LogP contribution >= 0.6 is 0 Å². The Labute approximate surface area is 124 Å². The quantitative estimate of drug-likeness (QED) is 0.578. The van der Waals surface area contributed by atoms with Crippen LogP contribution < -0.4 is 5.32 Å². The average Bonchev–Trinajstić information content (AvgIpc) is 2.54. The van der Waals surface area contributed by atoms with Gasteiger partial charge in [0, 0.05) is 20.2 Å². The van der Waals surface area contributed by atoms with Crippen LogP contribution in [0.4, 0.5) is 4.79 Å². The molecule has 0 aromatic heterocycles. The van der Waals surface area contributed by atoms with Crippen LogP contribution in [0.25, 0.3) is 0 Å². The smallest absolute Gasteiger partial charge is 0.407 e. The van der Waals surface area contributed by atoms with E-state index in [1.807, 2.05) is 39.8 Å². The van der Waals surface area contributed by atoms with Crippen LogP contribution in [0.1, 0.15) is 42.0 Å². The number of carbonyl (C=O) groups is 1. The highest BCUT2D eigenvalue weighted by Gasteiger charge is 2.02. The Bertz CT molecular complexity index is 366. The van der Waals surface area contributed by atoms with E-state index in [0.29, 0.717) is 13.0 Å². The van der Waals surface area contributed by atoms with Gasteiger partial charge in [0.25, 0.3) is 0 Å². The number of rotatable bonds is 6. The van der Waals surface area contributed by atoms with Crippen molar-refractivity contribution in [1.82, 2.24) is 5.32 Å². The Morgan fingerprint density at radius 1 is 1.35 bits per heavy atom. The van der Waals surface area contributed by atoms with Crippen molar-refractivity contribution >= 4 is 6.09 Å². The Hall–Kier alpha value is -1.73. The summed E-state index contributed by atoms with van der Waals surface area (Å²) in [4.78, 5) is 11.2. The van der Waals surface area contributed by atoms with Crippen LogP contribution in [0, 0.1) is 0 Å². The number of ether oxygens (including phenoxy) is 1. The van der Waals surface area contributed by atoms with E-state index in [1.165, 1.54) is 0 Å². The summed E-state index contributed by atoms with van der Waals surface area (Å²) in [6.07, 6.45) is 6.34. The lowest BCUT2D eigenvalue weighted by atomic mass is 10.2. The predicted molar refractivity (Wildman–Crippen MR) is 84.7 cm³/mol. The monoisotopic (exact) mass is 283 g/mol. The van der Waals surface area contributed by atoms with Gasteiger partial charge >= 0.3 is 6.09 Å². The lowest BCUT2D eigenvalue weighted by Crippen LogP contribution is -2.26. The molecule has 4 nitrogen and oxygen atoms in total. The van der Waals surface area contributed by atoms with E-state index in [9.17, 15) is 4.79 Å². The third kappa shape index (κ3) is 12.7. The first-order valence-electron chi connectivity index (χ1n) is 7.21. The maximum absolute atomic E-state index is 11.2. The molecule has 0 fully saturated rings. The molecule has 0 atom stereocenters. The molecule has 0 radical (unpaired) electrons. The number of aliphatic hydroxyl groups excluding tert-OH is 1. The minimum absolute atomic E-state index is 0. The topological polar surface area (TPSA) is 58.6 Å². The molecule has 0 aliphatic heterocycles. The van der Waals surface area contributed by atoms with Gasteiger partial charge in [-0.1, -0.05) is 45.2 Å². The minimum Gasteiger partial charge on any atom is -0.444 e. The van der Waals surface area contributed by atoms with Gasteiger partial charge in [-0.25, -0.2) is 4.79 Å². The number of hydrogen-bond acceptors (Lipinski definition) is 3. The van der Waals surface area contributed by atoms with Crippen molar-refractivity contribution in [1.29, 1.82) is 0 Å². The highest BCUT2D eigenvalue weighted by molar-refractivity contribution is 5.67. The van der Waals surface area contributed by atoms with E-state index in [0.717, 1.165) is 12.0 Å². The molecule has 0 aromatic rings. The largest absolute Gasteiger partial charge is 0.444 e. The molecule has 116 valence electrons. The maximum atomic E-state index is 11.2. The van der Waals surface area contributed by atoms with Crippen molar-refractivity contribution in [3.63, 3.8) is 0 Å². The standard InChI is InChI=1S/C12H15NO3.2C2H6.H2/c14-9-5-4-8-13-12(15)16-10-11-6-2-1-3-7-11;2*1-2;/h1-2,6,14H,4-5,8-10H2,(H,13,15);2*1-2H3;1H. The van der Waals surface area contributed by atoms with E-state index >= 15 is 0 Å². The van der Waals surface area contributed by atoms with Gasteiger partial charge in [0.15, 0.2) is 0 Å². The van der Waals surface area contributed by atoms with Crippen LogP contribution in [0.2, 0.25) is 0 Å². The second kappa shape index (κ2) is 17.3. The zero-order valence-corrected chi connectivity index (χ0v) is 13.0. The third-order valence-corrected chi connectivity index (χ3v) is 1.92. The van der Waals surface area contributed by atoms with Gasteiger partial charge in [-0.15, -0.1) is 0 Å². The molecule has 0 saturated heterocycles. The van der Waals surface area contributed by atoms with Crippen molar-refractivity contribution in [3.8, 4) is 0 Å². The summed E-state index contributed by atoms with van der Waals surface area (Å²) in [6.45, 7) is 8.86. The molecule has 0 bridgehead atoms. The van der Waals surface area contributed by atoms with Crippen molar-refractivity contribution in [2.75, 3.05) is 19.8 Å². The SMILES string of the molecule is CC.CC.O=C(NCCCCO)OCC1=C=C=CC=C1.[HH]. The third-order valence-electron chi connectivity index (χ3n) is 1.92. The number of unbranched alkanes of at least 4 members (excludes halogenated alkanes) is 1. The molecular formula is C16H29NO3. The van der Waals surface area contributed by atoms with E-state index in [1.54, 1.807) is 6.08 Å². The number of nitrogens with one attached hydrogen (secondary N) is 1. The predicted octanol–water partition coefficient (Wildman–Crippen LogP) is 3.59. The number of amides is 1. The number of allylic oxidation sites excluding steroid dienone is 2. The molecule has 20 heavy (non-hydrogen) atoms. The molecule has 0 spiro atoms. The van der Waals surface area contributed by atoms with Crippen LogP contribution in [0.15, 0.2) is 35.3 Å². The zero-order chi connectivity index (χ0) is 15.6. The molecule has 0 saturated carbocycles. The summed E-state index contributed by atoms with van der Waals surface area (Å²) < 4.78 is 4.94. The lowest BCUT2D eigenvalue weighted by Gasteiger charge is -2.06. The van der Waals surface area contributed by atoms with Gasteiger partial charge in [-0.2, -0.15) is 0 Å². The van der Waals surface area contributed by atoms with Gasteiger partial charge in [-0.05, 0) is 25.0 Å². The van der Waals surface area contributed by atoms with Crippen molar-refractivity contribution in [3.05, 3.63) is 35.3 Å². The molecule has 1 aliphatic carbocycles. The van der Waals surface area contributed by atoms with Gasteiger partial charge in [0.05, 0.1) is 0 Å². The molecule has 0 unspecified atom stereocenters. The molecule has 1 amide bonds. The van der Waals surface area contributed by atoms with Gasteiger partial charge in [0.2, 0.25) is 0 Å². The number of hydrogen-bond donors (Lipinski definition) is 2. The molecular weight excluding hydrogens is 254 g/mol. The normalized spacial score (nSPS) is 10.6. The van der Waals surface area contributed by atoms with Crippen molar-refractivity contribution in [2.24, 2.45) is 0 Å². The molecule has 0 heterocycles. The van der Waals surface area contributed by atoms with Crippen LogP contribution in [0.5, 0.6) is 0 Å². The summed E-state index contributed by atoms with van der Waals surface area (Å²) in [5.74, 6) is 0. The Kier molecular flexibility index (Phi) is 17.8. The molecule has 1 rings (SSSR count). The Morgan fingerprint density at radius 3 is 2.60 bits per heavy atom. The second-order valence-electron chi connectivity index (χ2n) is 3.25. The summed E-state index contributed by atoms with van der Waals surface area (Å²) >= 11 is 0. The van der Waals surface area contributed by atoms with Crippen LogP contribution in [0.3, 0.4) is 0 Å². The Balaban J connectivity index is -0.000000595. The van der Waals surface area contributed by atoms with Crippen molar-refractivity contribution < 1.29 is 16.1 Å². The summed E-state index contributed by atoms with van der Waals surface area (Å²) in [5, 5.41) is 11.1. The van der Waals surface area contributed by atoms with E-state index < -0.39 is 6.09 Å². The van der Waals surface area contributed by atoms with Gasteiger partial charge in [0.1, 0.15) is 6.61 Å². The fraction of sp³-hybridized carbons (Fsp3) is 0.562. The van der Waals surface area contributed by atoms with Gasteiger partial charge < -0.3 is 15.2 Å². The van der Waals surface area contributed by atoms with Crippen molar-refractivity contribution in [2.45, 2.75) is 40.5 Å². The van der Waals surface area contributed by atoms with Gasteiger partial charge in [-0.3, -0.25) is 0 Å². The molecule has 4 heteroatoms. The average molecular weight is 283 g/mol. The Morgan fingerprint density at radius 2 is 2.05 bits per heavy atom. The highest BCUT2D eigenvalue weighted by atomic mass is 16.5. The first-order chi connectivity index (χ1) is 9.83. The summed E-state index contributed by atoms with van der Waals surface area (Å²) in [7, 11) is 0. The number of alkyl carbamates (subject to hydrolysis) is 1. The number of carbonyl (C=O) groups excluding carboxylic acids is 1.